The third-order valence-corrected chi connectivity index (χ3v) is 4.93. The molecule has 0 aliphatic carbocycles. The Morgan fingerprint density at radius 1 is 1.03 bits per heavy atom. The van der Waals surface area contributed by atoms with Gasteiger partial charge in [0.15, 0.2) is 11.5 Å². The lowest BCUT2D eigenvalue weighted by Gasteiger charge is -2.23. The summed E-state index contributed by atoms with van der Waals surface area (Å²) in [4.78, 5) is 14.1. The van der Waals surface area contributed by atoms with E-state index in [1.165, 1.54) is 0 Å². The Bertz CT molecular complexity index is 768. The number of nitrogens with zero attached hydrogens (tertiary/aromatic N) is 3. The van der Waals surface area contributed by atoms with Crippen molar-refractivity contribution >= 4 is 27.7 Å². The van der Waals surface area contributed by atoms with E-state index in [4.69, 9.17) is 9.47 Å². The van der Waals surface area contributed by atoms with E-state index < -0.39 is 5.97 Å². The number of hydrogen-bond donors (Lipinski definition) is 0. The summed E-state index contributed by atoms with van der Waals surface area (Å²) in [5, 5.41) is 8.31. The Balaban J connectivity index is 2.10. The van der Waals surface area contributed by atoms with Gasteiger partial charge in [0.2, 0.25) is 0 Å². The van der Waals surface area contributed by atoms with Gasteiger partial charge in [-0.25, -0.2) is 4.79 Å². The van der Waals surface area contributed by atoms with Crippen molar-refractivity contribution in [1.29, 1.82) is 0 Å². The van der Waals surface area contributed by atoms with Crippen molar-refractivity contribution in [2.24, 2.45) is 0 Å². The molecule has 7 heteroatoms. The minimum absolute atomic E-state index is 0.229. The first-order chi connectivity index (χ1) is 14.1. The van der Waals surface area contributed by atoms with Gasteiger partial charge in [-0.3, -0.25) is 0 Å². The summed E-state index contributed by atoms with van der Waals surface area (Å²) in [5.41, 5.74) is 1.30. The minimum Gasteiger partial charge on any atom is -0.493 e. The number of rotatable bonds is 12. The lowest BCUT2D eigenvalue weighted by atomic mass is 10.2. The molecule has 0 aliphatic rings. The SMILES string of the molecule is CCCCOC(=O)c1ccc(N(CC)Cc2cc(Br)ccc2OCCCC)nn1. The number of benzene rings is 1. The van der Waals surface area contributed by atoms with Crippen molar-refractivity contribution in [2.75, 3.05) is 24.7 Å². The van der Waals surface area contributed by atoms with Crippen LogP contribution in [0.3, 0.4) is 0 Å². The summed E-state index contributed by atoms with van der Waals surface area (Å²) in [6, 6.07) is 9.52. The highest BCUT2D eigenvalue weighted by molar-refractivity contribution is 9.10. The molecule has 2 aromatic rings. The van der Waals surface area contributed by atoms with E-state index in [-0.39, 0.29) is 5.69 Å². The van der Waals surface area contributed by atoms with E-state index in [2.05, 4.69) is 50.9 Å². The summed E-state index contributed by atoms with van der Waals surface area (Å²) in [7, 11) is 0. The first kappa shape index (κ1) is 23.1. The first-order valence-corrected chi connectivity index (χ1v) is 11.0. The summed E-state index contributed by atoms with van der Waals surface area (Å²) < 4.78 is 12.2. The van der Waals surface area contributed by atoms with Crippen LogP contribution in [0.4, 0.5) is 5.82 Å². The summed E-state index contributed by atoms with van der Waals surface area (Å²) in [5.74, 6) is 1.15. The zero-order valence-corrected chi connectivity index (χ0v) is 19.1. The van der Waals surface area contributed by atoms with Crippen LogP contribution in [0.2, 0.25) is 0 Å². The van der Waals surface area contributed by atoms with E-state index in [1.807, 2.05) is 25.1 Å². The fraction of sp³-hybridized carbons (Fsp3) is 0.500. The molecule has 0 atom stereocenters. The van der Waals surface area contributed by atoms with Gasteiger partial charge in [-0.1, -0.05) is 42.6 Å². The maximum atomic E-state index is 12.0. The molecular formula is C22H30BrN3O3. The lowest BCUT2D eigenvalue weighted by Crippen LogP contribution is -2.24. The van der Waals surface area contributed by atoms with Gasteiger partial charge < -0.3 is 14.4 Å². The number of unbranched alkanes of at least 4 members (excludes halogenated alkanes) is 2. The van der Waals surface area contributed by atoms with Crippen molar-refractivity contribution in [3.8, 4) is 5.75 Å². The molecule has 0 bridgehead atoms. The lowest BCUT2D eigenvalue weighted by molar-refractivity contribution is 0.0491. The quantitative estimate of drug-likeness (QED) is 0.310. The van der Waals surface area contributed by atoms with Crippen LogP contribution in [0.1, 0.15) is 62.5 Å². The highest BCUT2D eigenvalue weighted by Crippen LogP contribution is 2.26. The zero-order chi connectivity index (χ0) is 21.1. The van der Waals surface area contributed by atoms with Gasteiger partial charge in [-0.15, -0.1) is 10.2 Å². The van der Waals surface area contributed by atoms with Crippen molar-refractivity contribution in [1.82, 2.24) is 10.2 Å². The maximum Gasteiger partial charge on any atom is 0.358 e. The topological polar surface area (TPSA) is 64.5 Å². The maximum absolute atomic E-state index is 12.0. The smallest absolute Gasteiger partial charge is 0.358 e. The van der Waals surface area contributed by atoms with Crippen LogP contribution in [-0.2, 0) is 11.3 Å². The molecule has 0 N–H and O–H groups in total. The van der Waals surface area contributed by atoms with Crippen molar-refractivity contribution < 1.29 is 14.3 Å². The standard InChI is InChI=1S/C22H30BrN3O3/c1-4-7-13-28-20-11-9-18(23)15-17(20)16-26(6-3)21-12-10-19(24-25-21)22(27)29-14-8-5-2/h9-12,15H,4-8,13-14,16H2,1-3H3. The van der Waals surface area contributed by atoms with Crippen molar-refractivity contribution in [3.63, 3.8) is 0 Å². The molecule has 0 amide bonds. The van der Waals surface area contributed by atoms with Crippen LogP contribution in [0.25, 0.3) is 0 Å². The van der Waals surface area contributed by atoms with Gasteiger partial charge in [0.1, 0.15) is 5.75 Å². The molecule has 0 spiro atoms. The van der Waals surface area contributed by atoms with Crippen LogP contribution in [-0.4, -0.2) is 35.9 Å². The van der Waals surface area contributed by atoms with Gasteiger partial charge in [0.05, 0.1) is 13.2 Å². The highest BCUT2D eigenvalue weighted by Gasteiger charge is 2.14. The Morgan fingerprint density at radius 3 is 2.45 bits per heavy atom. The molecule has 29 heavy (non-hydrogen) atoms. The number of carbonyl (C=O) groups is 1. The van der Waals surface area contributed by atoms with Crippen LogP contribution < -0.4 is 9.64 Å². The molecule has 158 valence electrons. The predicted octanol–water partition coefficient (Wildman–Crippen LogP) is 5.40. The zero-order valence-electron chi connectivity index (χ0n) is 17.5. The Kier molecular flexibility index (Phi) is 9.91. The third kappa shape index (κ3) is 7.31. The Labute approximate surface area is 181 Å². The first-order valence-electron chi connectivity index (χ1n) is 10.3. The summed E-state index contributed by atoms with van der Waals surface area (Å²) in [6.07, 6.45) is 3.93. The molecule has 2 rings (SSSR count). The van der Waals surface area contributed by atoms with Crippen molar-refractivity contribution in [3.05, 3.63) is 46.1 Å². The van der Waals surface area contributed by atoms with Crippen molar-refractivity contribution in [2.45, 2.75) is 53.0 Å². The summed E-state index contributed by atoms with van der Waals surface area (Å²) in [6.45, 7) is 8.74. The molecule has 1 aromatic carbocycles. The van der Waals surface area contributed by atoms with E-state index in [0.29, 0.717) is 25.6 Å². The van der Waals surface area contributed by atoms with Gasteiger partial charge in [0.25, 0.3) is 0 Å². The molecule has 1 heterocycles. The fourth-order valence-corrected chi connectivity index (χ4v) is 3.09. The molecule has 6 nitrogen and oxygen atoms in total. The minimum atomic E-state index is -0.431. The van der Waals surface area contributed by atoms with E-state index in [0.717, 1.165) is 48.0 Å². The van der Waals surface area contributed by atoms with Crippen LogP contribution in [0.5, 0.6) is 5.75 Å². The van der Waals surface area contributed by atoms with Crippen LogP contribution in [0, 0.1) is 0 Å². The third-order valence-electron chi connectivity index (χ3n) is 4.44. The number of ether oxygens (including phenoxy) is 2. The number of anilines is 1. The van der Waals surface area contributed by atoms with E-state index in [1.54, 1.807) is 6.07 Å². The molecular weight excluding hydrogens is 434 g/mol. The van der Waals surface area contributed by atoms with Gasteiger partial charge in [-0.2, -0.15) is 0 Å². The molecule has 0 radical (unpaired) electrons. The van der Waals surface area contributed by atoms with E-state index in [9.17, 15) is 4.79 Å². The average molecular weight is 464 g/mol. The number of hydrogen-bond acceptors (Lipinski definition) is 6. The number of halogens is 1. The summed E-state index contributed by atoms with van der Waals surface area (Å²) >= 11 is 3.54. The van der Waals surface area contributed by atoms with Crippen LogP contribution >= 0.6 is 15.9 Å². The predicted molar refractivity (Wildman–Crippen MR) is 118 cm³/mol. The Morgan fingerprint density at radius 2 is 1.79 bits per heavy atom. The number of aromatic nitrogens is 2. The van der Waals surface area contributed by atoms with E-state index >= 15 is 0 Å². The fourth-order valence-electron chi connectivity index (χ4n) is 2.69. The monoisotopic (exact) mass is 463 g/mol. The second kappa shape index (κ2) is 12.4. The molecule has 0 saturated carbocycles. The molecule has 0 unspecified atom stereocenters. The Hall–Kier alpha value is -2.15. The van der Waals surface area contributed by atoms with Crippen LogP contribution in [0.15, 0.2) is 34.8 Å². The second-order valence-corrected chi connectivity index (χ2v) is 7.65. The number of carbonyl (C=O) groups excluding carboxylic acids is 1. The molecule has 0 aliphatic heterocycles. The molecule has 1 aromatic heterocycles. The average Bonchev–Trinajstić information content (AvgIpc) is 2.74. The normalized spacial score (nSPS) is 10.6. The van der Waals surface area contributed by atoms with Gasteiger partial charge in [-0.05, 0) is 50.1 Å². The van der Waals surface area contributed by atoms with Gasteiger partial charge in [0, 0.05) is 23.1 Å². The second-order valence-electron chi connectivity index (χ2n) is 6.73. The van der Waals surface area contributed by atoms with Gasteiger partial charge >= 0.3 is 5.97 Å². The number of esters is 1. The molecule has 0 fully saturated rings. The largest absolute Gasteiger partial charge is 0.493 e. The highest BCUT2D eigenvalue weighted by atomic mass is 79.9. The molecule has 0 saturated heterocycles.